The Morgan fingerprint density at radius 1 is 1.52 bits per heavy atom. The van der Waals surface area contributed by atoms with Crippen LogP contribution in [0.25, 0.3) is 0 Å². The van der Waals surface area contributed by atoms with E-state index in [9.17, 15) is 13.2 Å². The van der Waals surface area contributed by atoms with Crippen molar-refractivity contribution in [2.75, 3.05) is 26.9 Å². The second-order valence-electron chi connectivity index (χ2n) is 4.72. The van der Waals surface area contributed by atoms with Crippen LogP contribution in [0.4, 0.5) is 0 Å². The highest BCUT2D eigenvalue weighted by molar-refractivity contribution is 7.89. The van der Waals surface area contributed by atoms with E-state index in [0.717, 1.165) is 0 Å². The number of methoxy groups -OCH3 is 1. The number of ether oxygens (including phenoxy) is 2. The van der Waals surface area contributed by atoms with Crippen LogP contribution in [0.2, 0.25) is 0 Å². The van der Waals surface area contributed by atoms with Gasteiger partial charge in [0.2, 0.25) is 15.9 Å². The van der Waals surface area contributed by atoms with E-state index in [1.165, 1.54) is 18.2 Å². The summed E-state index contributed by atoms with van der Waals surface area (Å²) < 4.78 is 33.2. The van der Waals surface area contributed by atoms with Crippen molar-refractivity contribution in [1.82, 2.24) is 5.32 Å². The second kappa shape index (κ2) is 6.42. The van der Waals surface area contributed by atoms with E-state index >= 15 is 0 Å². The minimum atomic E-state index is -3.81. The summed E-state index contributed by atoms with van der Waals surface area (Å²) in [5.74, 6) is -0.115. The molecule has 0 saturated heterocycles. The smallest absolute Gasteiger partial charge is 0.238 e. The van der Waals surface area contributed by atoms with E-state index in [0.29, 0.717) is 37.5 Å². The topological polar surface area (TPSA) is 108 Å². The number of benzene rings is 1. The molecule has 1 heterocycles. The molecule has 3 N–H and O–H groups in total. The van der Waals surface area contributed by atoms with Gasteiger partial charge in [-0.05, 0) is 24.6 Å². The number of sulfonamides is 1. The number of carbonyl (C=O) groups excluding carboxylic acids is 1. The Kier molecular flexibility index (Phi) is 4.81. The summed E-state index contributed by atoms with van der Waals surface area (Å²) in [6.07, 6.45) is 0.486. The van der Waals surface area contributed by atoms with Gasteiger partial charge in [0.1, 0.15) is 5.75 Å². The Hall–Kier alpha value is -1.64. The summed E-state index contributed by atoms with van der Waals surface area (Å²) in [5, 5.41) is 7.88. The SMILES string of the molecule is COCCNC(=O)C1CCOc2ccc(S(N)(=O)=O)cc21. The number of amides is 1. The minimum Gasteiger partial charge on any atom is -0.493 e. The second-order valence-corrected chi connectivity index (χ2v) is 6.28. The van der Waals surface area contributed by atoms with Gasteiger partial charge in [-0.25, -0.2) is 13.6 Å². The number of hydrogen-bond acceptors (Lipinski definition) is 5. The van der Waals surface area contributed by atoms with Gasteiger partial charge >= 0.3 is 0 Å². The van der Waals surface area contributed by atoms with Gasteiger partial charge in [-0.2, -0.15) is 0 Å². The molecule has 0 aliphatic carbocycles. The summed E-state index contributed by atoms with van der Waals surface area (Å²) in [6, 6.07) is 4.31. The van der Waals surface area contributed by atoms with Crippen molar-refractivity contribution in [3.63, 3.8) is 0 Å². The number of nitrogens with two attached hydrogens (primary N) is 1. The molecule has 0 fully saturated rings. The lowest BCUT2D eigenvalue weighted by atomic mass is 9.92. The number of fused-ring (bicyclic) bond motifs is 1. The van der Waals surface area contributed by atoms with Gasteiger partial charge in [0, 0.05) is 19.2 Å². The molecular formula is C13H18N2O5S. The van der Waals surface area contributed by atoms with Crippen LogP contribution in [0.1, 0.15) is 17.9 Å². The summed E-state index contributed by atoms with van der Waals surface area (Å²) >= 11 is 0. The highest BCUT2D eigenvalue weighted by atomic mass is 32.2. The van der Waals surface area contributed by atoms with E-state index < -0.39 is 15.9 Å². The minimum absolute atomic E-state index is 0.0264. The fourth-order valence-electron chi connectivity index (χ4n) is 2.22. The van der Waals surface area contributed by atoms with Crippen molar-refractivity contribution in [3.8, 4) is 5.75 Å². The molecule has 1 aromatic carbocycles. The molecular weight excluding hydrogens is 296 g/mol. The molecule has 116 valence electrons. The monoisotopic (exact) mass is 314 g/mol. The third kappa shape index (κ3) is 3.72. The van der Waals surface area contributed by atoms with Crippen LogP contribution in [0, 0.1) is 0 Å². The van der Waals surface area contributed by atoms with Crippen LogP contribution in [0.5, 0.6) is 5.75 Å². The fraction of sp³-hybridized carbons (Fsp3) is 0.462. The number of nitrogens with one attached hydrogen (secondary N) is 1. The van der Waals surface area contributed by atoms with Crippen molar-refractivity contribution in [3.05, 3.63) is 23.8 Å². The third-order valence-corrected chi connectivity index (χ3v) is 4.18. The lowest BCUT2D eigenvalue weighted by Gasteiger charge is -2.25. The molecule has 1 aliphatic heterocycles. The zero-order valence-electron chi connectivity index (χ0n) is 11.7. The predicted molar refractivity (Wildman–Crippen MR) is 75.6 cm³/mol. The van der Waals surface area contributed by atoms with E-state index in [1.807, 2.05) is 0 Å². The predicted octanol–water partition coefficient (Wildman–Crippen LogP) is -0.0373. The standard InChI is InChI=1S/C13H18N2O5S/c1-19-7-5-15-13(16)10-4-6-20-12-3-2-9(8-11(10)12)21(14,17)18/h2-3,8,10H,4-7H2,1H3,(H,15,16)(H2,14,17,18). The molecule has 0 spiro atoms. The van der Waals surface area contributed by atoms with E-state index in [1.54, 1.807) is 7.11 Å². The maximum Gasteiger partial charge on any atom is 0.238 e. The molecule has 2 rings (SSSR count). The lowest BCUT2D eigenvalue weighted by Crippen LogP contribution is -2.34. The van der Waals surface area contributed by atoms with Crippen molar-refractivity contribution in [1.29, 1.82) is 0 Å². The zero-order valence-corrected chi connectivity index (χ0v) is 12.5. The number of primary sulfonamides is 1. The van der Waals surface area contributed by atoms with Gasteiger partial charge < -0.3 is 14.8 Å². The highest BCUT2D eigenvalue weighted by Crippen LogP contribution is 2.35. The van der Waals surface area contributed by atoms with Crippen molar-refractivity contribution < 1.29 is 22.7 Å². The molecule has 0 aromatic heterocycles. The summed E-state index contributed by atoms with van der Waals surface area (Å²) in [4.78, 5) is 12.2. The molecule has 0 radical (unpaired) electrons. The maximum absolute atomic E-state index is 12.2. The van der Waals surface area contributed by atoms with Crippen LogP contribution in [-0.4, -0.2) is 41.2 Å². The van der Waals surface area contributed by atoms with Crippen LogP contribution < -0.4 is 15.2 Å². The van der Waals surface area contributed by atoms with Gasteiger partial charge in [0.05, 0.1) is 24.0 Å². The number of rotatable bonds is 5. The fourth-order valence-corrected chi connectivity index (χ4v) is 2.77. The van der Waals surface area contributed by atoms with Crippen molar-refractivity contribution >= 4 is 15.9 Å². The largest absolute Gasteiger partial charge is 0.493 e. The molecule has 0 bridgehead atoms. The first-order chi connectivity index (χ1) is 9.93. The highest BCUT2D eigenvalue weighted by Gasteiger charge is 2.28. The normalized spacial score (nSPS) is 17.7. The van der Waals surface area contributed by atoms with Crippen molar-refractivity contribution in [2.24, 2.45) is 5.14 Å². The molecule has 1 aromatic rings. The van der Waals surface area contributed by atoms with E-state index in [-0.39, 0.29) is 10.8 Å². The van der Waals surface area contributed by atoms with Crippen LogP contribution in [-0.2, 0) is 19.6 Å². The first-order valence-corrected chi connectivity index (χ1v) is 8.04. The average Bonchev–Trinajstić information content (AvgIpc) is 2.45. The Balaban J connectivity index is 2.26. The summed E-state index contributed by atoms with van der Waals surface area (Å²) in [7, 11) is -2.26. The zero-order chi connectivity index (χ0) is 15.5. The first-order valence-electron chi connectivity index (χ1n) is 6.49. The molecule has 7 nitrogen and oxygen atoms in total. The maximum atomic E-state index is 12.2. The molecule has 1 aliphatic rings. The van der Waals surface area contributed by atoms with Gasteiger partial charge in [0.25, 0.3) is 0 Å². The lowest BCUT2D eigenvalue weighted by molar-refractivity contribution is -0.123. The Morgan fingerprint density at radius 3 is 2.95 bits per heavy atom. The summed E-state index contributed by atoms with van der Waals surface area (Å²) in [5.41, 5.74) is 0.544. The number of hydrogen-bond donors (Lipinski definition) is 2. The quantitative estimate of drug-likeness (QED) is 0.742. The number of carbonyl (C=O) groups is 1. The molecule has 1 atom stereocenters. The Bertz CT molecular complexity index is 629. The first kappa shape index (κ1) is 15.7. The van der Waals surface area contributed by atoms with Gasteiger partial charge in [-0.1, -0.05) is 0 Å². The molecule has 8 heteroatoms. The van der Waals surface area contributed by atoms with Gasteiger partial charge in [0.15, 0.2) is 0 Å². The van der Waals surface area contributed by atoms with Crippen LogP contribution in [0.3, 0.4) is 0 Å². The third-order valence-electron chi connectivity index (χ3n) is 3.27. The van der Waals surface area contributed by atoms with Crippen LogP contribution in [0.15, 0.2) is 23.1 Å². The van der Waals surface area contributed by atoms with Gasteiger partial charge in [-0.15, -0.1) is 0 Å². The average molecular weight is 314 g/mol. The van der Waals surface area contributed by atoms with E-state index in [2.05, 4.69) is 5.32 Å². The van der Waals surface area contributed by atoms with E-state index in [4.69, 9.17) is 14.6 Å². The molecule has 0 saturated carbocycles. The Labute approximate surface area is 123 Å². The molecule has 1 amide bonds. The Morgan fingerprint density at radius 2 is 2.29 bits per heavy atom. The molecule has 1 unspecified atom stereocenters. The van der Waals surface area contributed by atoms with Crippen LogP contribution >= 0.6 is 0 Å². The molecule has 21 heavy (non-hydrogen) atoms. The van der Waals surface area contributed by atoms with Crippen molar-refractivity contribution in [2.45, 2.75) is 17.2 Å². The summed E-state index contributed by atoms with van der Waals surface area (Å²) in [6.45, 7) is 1.22. The van der Waals surface area contributed by atoms with Gasteiger partial charge in [-0.3, -0.25) is 4.79 Å².